The Morgan fingerprint density at radius 3 is 2.60 bits per heavy atom. The Labute approximate surface area is 234 Å². The summed E-state index contributed by atoms with van der Waals surface area (Å²) in [5.41, 5.74) is -1.22. The fraction of sp³-hybridized carbons (Fsp3) is 0.393. The minimum atomic E-state index is -1.43. The number of hydrogen-bond donors (Lipinski definition) is 2. The van der Waals surface area contributed by atoms with Crippen LogP contribution in [0.3, 0.4) is 0 Å². The summed E-state index contributed by atoms with van der Waals surface area (Å²) in [7, 11) is 1.52. The Hall–Kier alpha value is -3.57. The molecule has 3 aromatic rings. The van der Waals surface area contributed by atoms with Crippen molar-refractivity contribution in [2.24, 2.45) is 7.05 Å². The summed E-state index contributed by atoms with van der Waals surface area (Å²) in [6, 6.07) is 7.07. The summed E-state index contributed by atoms with van der Waals surface area (Å²) in [4.78, 5) is 29.0. The van der Waals surface area contributed by atoms with Gasteiger partial charge in [0.05, 0.1) is 29.0 Å². The predicted molar refractivity (Wildman–Crippen MR) is 144 cm³/mol. The van der Waals surface area contributed by atoms with Crippen molar-refractivity contribution in [1.29, 1.82) is 0 Å². The van der Waals surface area contributed by atoms with E-state index in [1.54, 1.807) is 13.0 Å². The lowest BCUT2D eigenvalue weighted by atomic mass is 9.70. The van der Waals surface area contributed by atoms with E-state index >= 15 is 8.78 Å². The van der Waals surface area contributed by atoms with Crippen molar-refractivity contribution in [1.82, 2.24) is 20.0 Å². The van der Waals surface area contributed by atoms with Crippen molar-refractivity contribution < 1.29 is 22.8 Å². The maximum atomic E-state index is 16.4. The zero-order chi connectivity index (χ0) is 28.3. The van der Waals surface area contributed by atoms with E-state index in [0.717, 1.165) is 23.9 Å². The lowest BCUT2D eigenvalue weighted by Crippen LogP contribution is -2.63. The summed E-state index contributed by atoms with van der Waals surface area (Å²) in [6.07, 6.45) is 2.82. The van der Waals surface area contributed by atoms with E-state index in [2.05, 4.69) is 20.6 Å². The summed E-state index contributed by atoms with van der Waals surface area (Å²) in [5.74, 6) is -3.02. The number of piperidine rings is 1. The highest BCUT2D eigenvalue weighted by Gasteiger charge is 2.47. The van der Waals surface area contributed by atoms with E-state index in [4.69, 9.17) is 11.6 Å². The number of amides is 2. The molecule has 2 fully saturated rings. The first-order valence-electron chi connectivity index (χ1n) is 13.1. The topological polar surface area (TPSA) is 82.5 Å². The Bertz CT molecular complexity index is 1520. The third kappa shape index (κ3) is 4.23. The summed E-state index contributed by atoms with van der Waals surface area (Å²) >= 11 is 6.12. The molecule has 40 heavy (non-hydrogen) atoms. The molecule has 3 aliphatic heterocycles. The van der Waals surface area contributed by atoms with E-state index in [0.29, 0.717) is 19.6 Å². The van der Waals surface area contributed by atoms with E-state index < -0.39 is 28.8 Å². The summed E-state index contributed by atoms with van der Waals surface area (Å²) < 4.78 is 47.9. The van der Waals surface area contributed by atoms with Crippen LogP contribution in [0.5, 0.6) is 0 Å². The van der Waals surface area contributed by atoms with Gasteiger partial charge in [-0.15, -0.1) is 0 Å². The number of rotatable bonds is 5. The zero-order valence-electron chi connectivity index (χ0n) is 22.0. The Balaban J connectivity index is 1.38. The van der Waals surface area contributed by atoms with Gasteiger partial charge in [-0.2, -0.15) is 5.10 Å². The van der Waals surface area contributed by atoms with E-state index in [1.807, 2.05) is 0 Å². The second-order valence-corrected chi connectivity index (χ2v) is 11.3. The molecule has 2 aromatic carbocycles. The molecule has 1 aromatic heterocycles. The molecule has 2 N–H and O–H groups in total. The van der Waals surface area contributed by atoms with Crippen LogP contribution >= 0.6 is 11.6 Å². The molecular formula is C28H28ClF3N6O2. The lowest BCUT2D eigenvalue weighted by Gasteiger charge is -2.45. The van der Waals surface area contributed by atoms with Crippen LogP contribution in [0, 0.1) is 17.5 Å². The molecule has 0 bridgehead atoms. The average Bonchev–Trinajstić information content (AvgIpc) is 3.23. The predicted octanol–water partition coefficient (Wildman–Crippen LogP) is 3.83. The maximum absolute atomic E-state index is 16.4. The number of fused-ring (bicyclic) bond motifs is 1. The zero-order valence-corrected chi connectivity index (χ0v) is 22.7. The number of benzene rings is 2. The monoisotopic (exact) mass is 572 g/mol. The fourth-order valence-electron chi connectivity index (χ4n) is 6.15. The van der Waals surface area contributed by atoms with Crippen LogP contribution in [0.1, 0.15) is 41.3 Å². The van der Waals surface area contributed by atoms with Crippen LogP contribution in [0.25, 0.3) is 0 Å². The number of likely N-dealkylation sites (tertiary alicyclic amines) is 1. The van der Waals surface area contributed by atoms with Gasteiger partial charge in [-0.05, 0) is 38.0 Å². The van der Waals surface area contributed by atoms with Crippen LogP contribution in [-0.4, -0.2) is 64.8 Å². The standard InChI is InChI=1S/C28H28ClF3N6O2/c1-28(17-5-3-6-18(29)23(17)31)14-38(25-19(30)13-36(2)35-25)27(40)16-8-9-20(24(32)22(16)28)34-15-11-37(12-15)21-7-4-10-33-26(21)39/h3,5-6,8-9,13,15,21,34H,4,7,10-12,14H2,1-2H3,(H,33,39)/t21-,28?/m1/s1. The van der Waals surface area contributed by atoms with Gasteiger partial charge >= 0.3 is 0 Å². The molecule has 0 spiro atoms. The lowest BCUT2D eigenvalue weighted by molar-refractivity contribution is -0.130. The van der Waals surface area contributed by atoms with Gasteiger partial charge in [-0.25, -0.2) is 13.2 Å². The number of aromatic nitrogens is 2. The minimum Gasteiger partial charge on any atom is -0.377 e. The first-order valence-corrected chi connectivity index (χ1v) is 13.5. The molecule has 12 heteroatoms. The first kappa shape index (κ1) is 26.6. The Morgan fingerprint density at radius 2 is 1.90 bits per heavy atom. The first-order chi connectivity index (χ1) is 19.1. The number of halogens is 4. The fourth-order valence-corrected chi connectivity index (χ4v) is 6.33. The molecule has 6 rings (SSSR count). The van der Waals surface area contributed by atoms with E-state index in [1.165, 1.54) is 36.0 Å². The van der Waals surface area contributed by atoms with Gasteiger partial charge in [0, 0.05) is 55.3 Å². The number of carbonyl (C=O) groups excluding carboxylic acids is 2. The second-order valence-electron chi connectivity index (χ2n) is 10.9. The highest BCUT2D eigenvalue weighted by atomic mass is 35.5. The average molecular weight is 573 g/mol. The molecule has 4 heterocycles. The third-order valence-corrected chi connectivity index (χ3v) is 8.47. The molecular weight excluding hydrogens is 545 g/mol. The molecule has 1 unspecified atom stereocenters. The molecule has 8 nitrogen and oxygen atoms in total. The molecule has 2 saturated heterocycles. The van der Waals surface area contributed by atoms with Gasteiger partial charge < -0.3 is 10.6 Å². The second kappa shape index (κ2) is 9.81. The largest absolute Gasteiger partial charge is 0.377 e. The quantitative estimate of drug-likeness (QED) is 0.486. The van der Waals surface area contributed by atoms with Crippen LogP contribution in [0.15, 0.2) is 36.5 Å². The van der Waals surface area contributed by atoms with Gasteiger partial charge in [0.15, 0.2) is 17.5 Å². The molecule has 2 amide bonds. The molecule has 0 radical (unpaired) electrons. The van der Waals surface area contributed by atoms with Crippen molar-refractivity contribution in [2.45, 2.75) is 37.3 Å². The number of hydrogen-bond acceptors (Lipinski definition) is 5. The maximum Gasteiger partial charge on any atom is 0.260 e. The number of nitrogens with zero attached hydrogens (tertiary/aromatic N) is 4. The Kier molecular flexibility index (Phi) is 6.53. The molecule has 0 saturated carbocycles. The molecule has 210 valence electrons. The van der Waals surface area contributed by atoms with Gasteiger partial charge in [0.1, 0.15) is 5.82 Å². The molecule has 0 aliphatic carbocycles. The Morgan fingerprint density at radius 1 is 1.12 bits per heavy atom. The highest BCUT2D eigenvalue weighted by Crippen LogP contribution is 2.45. The minimum absolute atomic E-state index is 0.000839. The van der Waals surface area contributed by atoms with Gasteiger partial charge in [-0.3, -0.25) is 24.1 Å². The normalized spacial score (nSPS) is 23.6. The van der Waals surface area contributed by atoms with Crippen molar-refractivity contribution in [3.63, 3.8) is 0 Å². The third-order valence-electron chi connectivity index (χ3n) is 8.18. The van der Waals surface area contributed by atoms with Crippen molar-refractivity contribution in [3.05, 3.63) is 75.7 Å². The van der Waals surface area contributed by atoms with Crippen LogP contribution in [-0.2, 0) is 17.3 Å². The van der Waals surface area contributed by atoms with Crippen LogP contribution in [0.2, 0.25) is 5.02 Å². The number of nitrogens with one attached hydrogen (secondary N) is 2. The van der Waals surface area contributed by atoms with Gasteiger partial charge in [-0.1, -0.05) is 23.7 Å². The molecule has 2 atom stereocenters. The summed E-state index contributed by atoms with van der Waals surface area (Å²) in [5, 5.41) is 10.0. The smallest absolute Gasteiger partial charge is 0.260 e. The van der Waals surface area contributed by atoms with Crippen molar-refractivity contribution >= 4 is 34.9 Å². The van der Waals surface area contributed by atoms with Gasteiger partial charge in [0.25, 0.3) is 5.91 Å². The van der Waals surface area contributed by atoms with Crippen molar-refractivity contribution in [2.75, 3.05) is 36.4 Å². The van der Waals surface area contributed by atoms with E-state index in [-0.39, 0.29) is 57.8 Å². The summed E-state index contributed by atoms with van der Waals surface area (Å²) in [6.45, 7) is 3.14. The van der Waals surface area contributed by atoms with Crippen LogP contribution in [0.4, 0.5) is 24.7 Å². The van der Waals surface area contributed by atoms with Crippen molar-refractivity contribution in [3.8, 4) is 0 Å². The van der Waals surface area contributed by atoms with Gasteiger partial charge in [0.2, 0.25) is 5.91 Å². The molecule has 3 aliphatic rings. The number of carbonyl (C=O) groups is 2. The SMILES string of the molecule is Cn1cc(F)c(N2CC(C)(c3cccc(Cl)c3F)c3c(ccc(NC4CN([C@@H]5CCCNC5=O)C4)c3F)C2=O)n1. The van der Waals surface area contributed by atoms with E-state index in [9.17, 15) is 14.0 Å². The van der Waals surface area contributed by atoms with Crippen LogP contribution < -0.4 is 15.5 Å². The highest BCUT2D eigenvalue weighted by molar-refractivity contribution is 6.30. The number of aryl methyl sites for hydroxylation is 1. The number of anilines is 2.